The Kier molecular flexibility index (Phi) is 6.28. The molecule has 2 aliphatic rings. The average molecular weight is 380 g/mol. The highest BCUT2D eigenvalue weighted by Gasteiger charge is 2.23. The maximum Gasteiger partial charge on any atom is 0.222 e. The zero-order valence-corrected chi connectivity index (χ0v) is 17.1. The van der Waals surface area contributed by atoms with Gasteiger partial charge in [0.1, 0.15) is 0 Å². The highest BCUT2D eigenvalue weighted by Crippen LogP contribution is 2.24. The average Bonchev–Trinajstić information content (AvgIpc) is 2.73. The summed E-state index contributed by atoms with van der Waals surface area (Å²) in [4.78, 5) is 19.5. The van der Waals surface area contributed by atoms with Crippen molar-refractivity contribution in [1.82, 2.24) is 14.7 Å². The Bertz CT molecular complexity index is 797. The molecule has 0 bridgehead atoms. The lowest BCUT2D eigenvalue weighted by Crippen LogP contribution is -2.47. The summed E-state index contributed by atoms with van der Waals surface area (Å²) in [6, 6.07) is 15.4. The summed E-state index contributed by atoms with van der Waals surface area (Å²) in [5, 5.41) is 2.64. The Labute approximate surface area is 169 Å². The third-order valence-electron chi connectivity index (χ3n) is 6.45. The number of carbonyl (C=O) groups is 1. The molecule has 1 atom stereocenters. The van der Waals surface area contributed by atoms with E-state index in [9.17, 15) is 4.79 Å². The SMILES string of the molecule is CN1CCN(C(=O)CCC2CCCN(Cc3ccc4ccccc4c3)C2)CC1. The van der Waals surface area contributed by atoms with Crippen molar-refractivity contribution in [2.24, 2.45) is 5.92 Å². The van der Waals surface area contributed by atoms with E-state index in [0.717, 1.165) is 52.1 Å². The van der Waals surface area contributed by atoms with Crippen molar-refractivity contribution in [2.45, 2.75) is 32.2 Å². The molecule has 150 valence electrons. The molecule has 2 aromatic rings. The van der Waals surface area contributed by atoms with Crippen LogP contribution in [-0.2, 0) is 11.3 Å². The van der Waals surface area contributed by atoms with E-state index in [4.69, 9.17) is 0 Å². The molecule has 0 aromatic heterocycles. The number of nitrogens with zero attached hydrogens (tertiary/aromatic N) is 3. The van der Waals surface area contributed by atoms with Crippen molar-refractivity contribution in [3.8, 4) is 0 Å². The van der Waals surface area contributed by atoms with Crippen LogP contribution in [0.2, 0.25) is 0 Å². The van der Waals surface area contributed by atoms with Gasteiger partial charge < -0.3 is 9.80 Å². The lowest BCUT2D eigenvalue weighted by molar-refractivity contribution is -0.133. The van der Waals surface area contributed by atoms with Gasteiger partial charge in [0.05, 0.1) is 0 Å². The minimum absolute atomic E-state index is 0.361. The second-order valence-corrected chi connectivity index (χ2v) is 8.65. The van der Waals surface area contributed by atoms with Gasteiger partial charge in [0.15, 0.2) is 0 Å². The summed E-state index contributed by atoms with van der Waals surface area (Å²) in [6.07, 6.45) is 4.28. The first-order chi connectivity index (χ1) is 13.7. The molecule has 1 amide bonds. The van der Waals surface area contributed by atoms with E-state index >= 15 is 0 Å². The van der Waals surface area contributed by atoms with Gasteiger partial charge >= 0.3 is 0 Å². The minimum Gasteiger partial charge on any atom is -0.340 e. The van der Waals surface area contributed by atoms with Gasteiger partial charge in [-0.2, -0.15) is 0 Å². The first-order valence-corrected chi connectivity index (χ1v) is 10.8. The van der Waals surface area contributed by atoms with Gasteiger partial charge in [0.2, 0.25) is 5.91 Å². The highest BCUT2D eigenvalue weighted by atomic mass is 16.2. The molecule has 4 rings (SSSR count). The fraction of sp³-hybridized carbons (Fsp3) is 0.542. The zero-order chi connectivity index (χ0) is 19.3. The van der Waals surface area contributed by atoms with Crippen molar-refractivity contribution in [1.29, 1.82) is 0 Å². The monoisotopic (exact) mass is 379 g/mol. The Balaban J connectivity index is 1.27. The summed E-state index contributed by atoms with van der Waals surface area (Å²) in [5.74, 6) is 1.02. The Morgan fingerprint density at radius 1 is 1.00 bits per heavy atom. The van der Waals surface area contributed by atoms with Gasteiger partial charge in [-0.25, -0.2) is 0 Å². The van der Waals surface area contributed by atoms with E-state index in [2.05, 4.69) is 64.2 Å². The third-order valence-corrected chi connectivity index (χ3v) is 6.45. The minimum atomic E-state index is 0.361. The van der Waals surface area contributed by atoms with Crippen molar-refractivity contribution >= 4 is 16.7 Å². The van der Waals surface area contributed by atoms with E-state index in [0.29, 0.717) is 11.8 Å². The molecule has 2 aromatic carbocycles. The number of hydrogen-bond acceptors (Lipinski definition) is 3. The van der Waals surface area contributed by atoms with E-state index in [-0.39, 0.29) is 0 Å². The summed E-state index contributed by atoms with van der Waals surface area (Å²) >= 11 is 0. The first-order valence-electron chi connectivity index (χ1n) is 10.8. The number of piperazine rings is 1. The molecule has 1 unspecified atom stereocenters. The maximum absolute atomic E-state index is 12.5. The van der Waals surface area contributed by atoms with E-state index in [1.54, 1.807) is 0 Å². The molecule has 2 aliphatic heterocycles. The van der Waals surface area contributed by atoms with Crippen LogP contribution >= 0.6 is 0 Å². The third kappa shape index (κ3) is 4.92. The number of amides is 1. The molecular formula is C24H33N3O. The lowest BCUT2D eigenvalue weighted by Gasteiger charge is -2.34. The lowest BCUT2D eigenvalue weighted by atomic mass is 9.92. The standard InChI is InChI=1S/C24H33N3O/c1-25-13-15-27(16-14-25)24(28)11-9-20-5-4-12-26(18-20)19-21-8-10-22-6-2-3-7-23(22)17-21/h2-3,6-8,10,17,20H,4-5,9,11-16,18-19H2,1H3. The second-order valence-electron chi connectivity index (χ2n) is 8.65. The van der Waals surface area contributed by atoms with Crippen LogP contribution in [0.3, 0.4) is 0 Å². The van der Waals surface area contributed by atoms with Crippen LogP contribution in [0.1, 0.15) is 31.2 Å². The van der Waals surface area contributed by atoms with E-state index in [1.165, 1.54) is 35.7 Å². The molecule has 2 fully saturated rings. The van der Waals surface area contributed by atoms with Gasteiger partial charge in [-0.3, -0.25) is 9.69 Å². The number of likely N-dealkylation sites (N-methyl/N-ethyl adjacent to an activating group) is 1. The number of likely N-dealkylation sites (tertiary alicyclic amines) is 1. The molecule has 0 aliphatic carbocycles. The zero-order valence-electron chi connectivity index (χ0n) is 17.1. The summed E-state index contributed by atoms with van der Waals surface area (Å²) in [5.41, 5.74) is 1.40. The van der Waals surface area contributed by atoms with Crippen LogP contribution in [0.15, 0.2) is 42.5 Å². The molecule has 0 spiro atoms. The fourth-order valence-electron chi connectivity index (χ4n) is 4.67. The fourth-order valence-corrected chi connectivity index (χ4v) is 4.67. The van der Waals surface area contributed by atoms with Gasteiger partial charge in [0, 0.05) is 45.7 Å². The molecule has 2 saturated heterocycles. The molecule has 0 N–H and O–H groups in total. The maximum atomic E-state index is 12.5. The predicted octanol–water partition coefficient (Wildman–Crippen LogP) is 3.61. The summed E-state index contributed by atoms with van der Waals surface area (Å²) in [6.45, 7) is 7.14. The molecular weight excluding hydrogens is 346 g/mol. The summed E-state index contributed by atoms with van der Waals surface area (Å²) < 4.78 is 0. The van der Waals surface area contributed by atoms with Crippen LogP contribution in [0.4, 0.5) is 0 Å². The molecule has 0 radical (unpaired) electrons. The molecule has 0 saturated carbocycles. The van der Waals surface area contributed by atoms with E-state index < -0.39 is 0 Å². The normalized spacial score (nSPS) is 21.9. The molecule has 4 heteroatoms. The Morgan fingerprint density at radius 2 is 1.79 bits per heavy atom. The quantitative estimate of drug-likeness (QED) is 0.794. The number of rotatable bonds is 5. The van der Waals surface area contributed by atoms with Crippen molar-refractivity contribution in [2.75, 3.05) is 46.3 Å². The number of benzene rings is 2. The van der Waals surface area contributed by atoms with Crippen LogP contribution < -0.4 is 0 Å². The van der Waals surface area contributed by atoms with E-state index in [1.807, 2.05) is 0 Å². The van der Waals surface area contributed by atoms with Crippen molar-refractivity contribution in [3.63, 3.8) is 0 Å². The molecule has 4 nitrogen and oxygen atoms in total. The molecule has 28 heavy (non-hydrogen) atoms. The summed E-state index contributed by atoms with van der Waals surface area (Å²) in [7, 11) is 2.13. The number of fused-ring (bicyclic) bond motifs is 1. The van der Waals surface area contributed by atoms with Crippen LogP contribution in [0, 0.1) is 5.92 Å². The van der Waals surface area contributed by atoms with Gasteiger partial charge in [-0.05, 0) is 61.2 Å². The van der Waals surface area contributed by atoms with Crippen LogP contribution in [0.25, 0.3) is 10.8 Å². The Hall–Kier alpha value is -1.91. The number of hydrogen-bond donors (Lipinski definition) is 0. The van der Waals surface area contributed by atoms with Crippen LogP contribution in [0.5, 0.6) is 0 Å². The van der Waals surface area contributed by atoms with Gasteiger partial charge in [-0.1, -0.05) is 36.4 Å². The first kappa shape index (κ1) is 19.4. The highest BCUT2D eigenvalue weighted by molar-refractivity contribution is 5.83. The number of piperidine rings is 1. The van der Waals surface area contributed by atoms with Crippen LogP contribution in [-0.4, -0.2) is 66.9 Å². The van der Waals surface area contributed by atoms with Crippen molar-refractivity contribution < 1.29 is 4.79 Å². The van der Waals surface area contributed by atoms with Gasteiger partial charge in [0.25, 0.3) is 0 Å². The largest absolute Gasteiger partial charge is 0.340 e. The smallest absolute Gasteiger partial charge is 0.222 e. The topological polar surface area (TPSA) is 26.8 Å². The number of carbonyl (C=O) groups excluding carboxylic acids is 1. The Morgan fingerprint density at radius 3 is 2.61 bits per heavy atom. The van der Waals surface area contributed by atoms with Crippen molar-refractivity contribution in [3.05, 3.63) is 48.0 Å². The second kappa shape index (κ2) is 9.06. The molecule has 2 heterocycles. The van der Waals surface area contributed by atoms with Gasteiger partial charge in [-0.15, -0.1) is 0 Å². The predicted molar refractivity (Wildman–Crippen MR) is 115 cm³/mol.